The monoisotopic (exact) mass is 420 g/mol. The molecule has 0 radical (unpaired) electrons. The van der Waals surface area contributed by atoms with Crippen LogP contribution in [0.15, 0.2) is 46.3 Å². The number of amides is 2. The number of pyridine rings is 1. The van der Waals surface area contributed by atoms with Gasteiger partial charge >= 0.3 is 0 Å². The number of hydrogen-bond donors (Lipinski definition) is 2. The predicted octanol–water partition coefficient (Wildman–Crippen LogP) is 2.58. The number of thioether (sulfide) groups is 1. The first-order valence-corrected chi connectivity index (χ1v) is 9.55. The Labute approximate surface area is 169 Å². The first-order chi connectivity index (χ1) is 13.5. The fourth-order valence-corrected chi connectivity index (χ4v) is 3.35. The van der Waals surface area contributed by atoms with Gasteiger partial charge in [-0.3, -0.25) is 14.2 Å². The van der Waals surface area contributed by atoms with Gasteiger partial charge in [0.15, 0.2) is 21.9 Å². The summed E-state index contributed by atoms with van der Waals surface area (Å²) < 4.78 is 7.08. The van der Waals surface area contributed by atoms with E-state index in [1.54, 1.807) is 35.8 Å². The number of aromatic nitrogens is 4. The molecule has 3 heterocycles. The third-order valence-corrected chi connectivity index (χ3v) is 5.09. The maximum Gasteiger partial charge on any atom is 0.237 e. The molecule has 3 rings (SSSR count). The number of anilines is 1. The summed E-state index contributed by atoms with van der Waals surface area (Å²) in [7, 11) is 0. The second-order valence-corrected chi connectivity index (χ2v) is 7.41. The molecule has 0 saturated carbocycles. The number of rotatable bonds is 8. The summed E-state index contributed by atoms with van der Waals surface area (Å²) in [6.07, 6.45) is 3.15. The summed E-state index contributed by atoms with van der Waals surface area (Å²) >= 11 is 7.17. The first-order valence-electron chi connectivity index (χ1n) is 8.29. The average Bonchev–Trinajstić information content (AvgIpc) is 3.31. The zero-order chi connectivity index (χ0) is 20.1. The van der Waals surface area contributed by atoms with Crippen LogP contribution in [0.5, 0.6) is 0 Å². The lowest BCUT2D eigenvalue weighted by molar-refractivity contribution is -0.118. The van der Waals surface area contributed by atoms with Gasteiger partial charge in [-0.05, 0) is 31.2 Å². The number of hydrogen-bond acceptors (Lipinski definition) is 7. The van der Waals surface area contributed by atoms with Crippen LogP contribution in [0, 0.1) is 0 Å². The van der Waals surface area contributed by atoms with Crippen LogP contribution in [0.3, 0.4) is 0 Å². The molecule has 0 fully saturated rings. The zero-order valence-corrected chi connectivity index (χ0v) is 16.4. The molecule has 3 aromatic heterocycles. The average molecular weight is 421 g/mol. The predicted molar refractivity (Wildman–Crippen MR) is 105 cm³/mol. The molecule has 1 unspecified atom stereocenters. The molecule has 1 atom stereocenters. The van der Waals surface area contributed by atoms with Crippen molar-refractivity contribution in [2.45, 2.75) is 30.3 Å². The molecule has 0 saturated heterocycles. The fourth-order valence-electron chi connectivity index (χ4n) is 2.31. The Kier molecular flexibility index (Phi) is 6.32. The largest absolute Gasteiger partial charge is 0.461 e. The van der Waals surface area contributed by atoms with Crippen molar-refractivity contribution < 1.29 is 14.0 Å². The van der Waals surface area contributed by atoms with E-state index in [1.165, 1.54) is 24.2 Å². The molecule has 9 nitrogen and oxygen atoms in total. The lowest BCUT2D eigenvalue weighted by Crippen LogP contribution is -2.23. The van der Waals surface area contributed by atoms with Crippen LogP contribution in [-0.2, 0) is 16.1 Å². The number of nitrogens with one attached hydrogen (secondary N) is 1. The van der Waals surface area contributed by atoms with E-state index in [0.717, 1.165) is 0 Å². The van der Waals surface area contributed by atoms with Crippen LogP contribution >= 0.6 is 23.4 Å². The van der Waals surface area contributed by atoms with Crippen molar-refractivity contribution in [2.24, 2.45) is 5.73 Å². The molecule has 3 aromatic rings. The van der Waals surface area contributed by atoms with Gasteiger partial charge in [-0.15, -0.1) is 10.2 Å². The lowest BCUT2D eigenvalue weighted by Gasteiger charge is -2.13. The SMILES string of the molecule is CC(Sc1nnc(-c2ccco2)n1CCC(N)=O)C(=O)Nc1cccnc1Cl. The zero-order valence-electron chi connectivity index (χ0n) is 14.8. The standard InChI is InChI=1S/C17H17ClN6O3S/c1-10(16(26)21-11-4-2-7-20-14(11)18)28-17-23-22-15(12-5-3-9-27-12)24(17)8-6-13(19)25/h2-5,7,9-10H,6,8H2,1H3,(H2,19,25)(H,21,26). The van der Waals surface area contributed by atoms with E-state index in [4.69, 9.17) is 21.8 Å². The van der Waals surface area contributed by atoms with E-state index in [-0.39, 0.29) is 24.0 Å². The topological polar surface area (TPSA) is 129 Å². The summed E-state index contributed by atoms with van der Waals surface area (Å²) in [5.74, 6) is 0.232. The smallest absolute Gasteiger partial charge is 0.237 e. The lowest BCUT2D eigenvalue weighted by atomic mass is 10.3. The molecule has 0 aliphatic rings. The van der Waals surface area contributed by atoms with Crippen molar-refractivity contribution in [1.82, 2.24) is 19.7 Å². The Balaban J connectivity index is 1.78. The van der Waals surface area contributed by atoms with Crippen molar-refractivity contribution in [1.29, 1.82) is 0 Å². The Morgan fingerprint density at radius 3 is 2.86 bits per heavy atom. The molecule has 0 aromatic carbocycles. The molecule has 0 aliphatic carbocycles. The van der Waals surface area contributed by atoms with E-state index in [2.05, 4.69) is 20.5 Å². The van der Waals surface area contributed by atoms with Gasteiger partial charge in [-0.25, -0.2) is 4.98 Å². The van der Waals surface area contributed by atoms with Gasteiger partial charge in [0, 0.05) is 19.2 Å². The van der Waals surface area contributed by atoms with Crippen molar-refractivity contribution in [3.8, 4) is 11.6 Å². The fraction of sp³-hybridized carbons (Fsp3) is 0.235. The summed E-state index contributed by atoms with van der Waals surface area (Å²) in [6.45, 7) is 1.99. The summed E-state index contributed by atoms with van der Waals surface area (Å²) in [6, 6.07) is 6.80. The molecule has 146 valence electrons. The number of furan rings is 1. The molecule has 2 amide bonds. The van der Waals surface area contributed by atoms with E-state index >= 15 is 0 Å². The Bertz CT molecular complexity index is 975. The minimum absolute atomic E-state index is 0.102. The van der Waals surface area contributed by atoms with E-state index in [9.17, 15) is 9.59 Å². The molecule has 28 heavy (non-hydrogen) atoms. The van der Waals surface area contributed by atoms with Crippen molar-refractivity contribution in [2.75, 3.05) is 5.32 Å². The van der Waals surface area contributed by atoms with Gasteiger partial charge in [0.25, 0.3) is 0 Å². The van der Waals surface area contributed by atoms with E-state index < -0.39 is 11.2 Å². The van der Waals surface area contributed by atoms with Gasteiger partial charge in [-0.1, -0.05) is 23.4 Å². The second-order valence-electron chi connectivity index (χ2n) is 5.74. The van der Waals surface area contributed by atoms with Crippen molar-refractivity contribution >= 4 is 40.9 Å². The van der Waals surface area contributed by atoms with Crippen molar-refractivity contribution in [3.63, 3.8) is 0 Å². The number of carbonyl (C=O) groups excluding carboxylic acids is 2. The van der Waals surface area contributed by atoms with E-state index in [0.29, 0.717) is 22.4 Å². The normalized spacial score (nSPS) is 11.9. The molecular weight excluding hydrogens is 404 g/mol. The Morgan fingerprint density at radius 1 is 1.36 bits per heavy atom. The van der Waals surface area contributed by atoms with Crippen LogP contribution in [0.2, 0.25) is 5.15 Å². The van der Waals surface area contributed by atoms with Crippen LogP contribution in [0.25, 0.3) is 11.6 Å². The first kappa shape index (κ1) is 19.9. The highest BCUT2D eigenvalue weighted by molar-refractivity contribution is 8.00. The summed E-state index contributed by atoms with van der Waals surface area (Å²) in [5.41, 5.74) is 5.70. The number of carbonyl (C=O) groups is 2. The van der Waals surface area contributed by atoms with Crippen molar-refractivity contribution in [3.05, 3.63) is 41.9 Å². The minimum Gasteiger partial charge on any atom is -0.461 e. The maximum atomic E-state index is 12.5. The quantitative estimate of drug-likeness (QED) is 0.423. The van der Waals surface area contributed by atoms with Gasteiger partial charge < -0.3 is 15.5 Å². The second kappa shape index (κ2) is 8.89. The highest BCUT2D eigenvalue weighted by Crippen LogP contribution is 2.28. The van der Waals surface area contributed by atoms with E-state index in [1.807, 2.05) is 0 Å². The molecule has 0 aliphatic heterocycles. The highest BCUT2D eigenvalue weighted by Gasteiger charge is 2.22. The third-order valence-electron chi connectivity index (χ3n) is 3.71. The number of halogens is 1. The number of nitrogens with two attached hydrogens (primary N) is 1. The Hall–Kier alpha value is -2.85. The number of nitrogens with zero attached hydrogens (tertiary/aromatic N) is 4. The van der Waals surface area contributed by atoms with Gasteiger partial charge in [0.1, 0.15) is 0 Å². The summed E-state index contributed by atoms with van der Waals surface area (Å²) in [5, 5.41) is 11.2. The van der Waals surface area contributed by atoms with Gasteiger partial charge in [0.05, 0.1) is 17.2 Å². The van der Waals surface area contributed by atoms with Crippen LogP contribution in [-0.4, -0.2) is 36.8 Å². The highest BCUT2D eigenvalue weighted by atomic mass is 35.5. The van der Waals surface area contributed by atoms with Crippen LogP contribution in [0.1, 0.15) is 13.3 Å². The summed E-state index contributed by atoms with van der Waals surface area (Å²) in [4.78, 5) is 27.7. The minimum atomic E-state index is -0.516. The number of primary amides is 1. The molecule has 0 spiro atoms. The van der Waals surface area contributed by atoms with Gasteiger partial charge in [0.2, 0.25) is 11.8 Å². The molecule has 11 heteroatoms. The maximum absolute atomic E-state index is 12.5. The molecule has 0 bridgehead atoms. The Morgan fingerprint density at radius 2 is 2.18 bits per heavy atom. The third kappa shape index (κ3) is 4.70. The molecule has 3 N–H and O–H groups in total. The van der Waals surface area contributed by atoms with Gasteiger partial charge in [-0.2, -0.15) is 0 Å². The molecular formula is C17H17ClN6O3S. The van der Waals surface area contributed by atoms with Crippen LogP contribution in [0.4, 0.5) is 5.69 Å². The van der Waals surface area contributed by atoms with Crippen LogP contribution < -0.4 is 11.1 Å².